The van der Waals surface area contributed by atoms with Crippen molar-refractivity contribution in [2.75, 3.05) is 25.6 Å². The fourth-order valence-corrected chi connectivity index (χ4v) is 3.00. The summed E-state index contributed by atoms with van der Waals surface area (Å²) in [6.45, 7) is 2.43. The van der Waals surface area contributed by atoms with Gasteiger partial charge in [0.05, 0.1) is 23.4 Å². The molecule has 0 unspecified atom stereocenters. The van der Waals surface area contributed by atoms with Crippen molar-refractivity contribution in [3.8, 4) is 5.88 Å². The van der Waals surface area contributed by atoms with Crippen molar-refractivity contribution in [1.82, 2.24) is 4.98 Å². The van der Waals surface area contributed by atoms with Crippen LogP contribution in [0.15, 0.2) is 41.4 Å². The van der Waals surface area contributed by atoms with Crippen LogP contribution in [0.25, 0.3) is 10.9 Å². The number of aromatic amines is 1. The van der Waals surface area contributed by atoms with E-state index in [1.165, 1.54) is 25.5 Å². The van der Waals surface area contributed by atoms with Gasteiger partial charge in [0.15, 0.2) is 5.88 Å². The Kier molecular flexibility index (Phi) is 5.60. The molecule has 0 spiro atoms. The number of benzene rings is 2. The number of hydrogen-bond donors (Lipinski definition) is 3. The summed E-state index contributed by atoms with van der Waals surface area (Å²) in [5.41, 5.74) is 1.37. The quantitative estimate of drug-likeness (QED) is 0.409. The maximum atomic E-state index is 13.4. The van der Waals surface area contributed by atoms with Gasteiger partial charge in [0.2, 0.25) is 0 Å². The zero-order valence-corrected chi connectivity index (χ0v) is 15.4. The number of ether oxygens (including phenoxy) is 1. The van der Waals surface area contributed by atoms with Crippen molar-refractivity contribution >= 4 is 28.5 Å². The number of aromatic hydroxyl groups is 1. The van der Waals surface area contributed by atoms with Crippen molar-refractivity contribution in [2.45, 2.75) is 13.1 Å². The van der Waals surface area contributed by atoms with E-state index >= 15 is 0 Å². The number of nitrogens with one attached hydrogen (secondary N) is 2. The third-order valence-corrected chi connectivity index (χ3v) is 4.32. The van der Waals surface area contributed by atoms with Crippen LogP contribution in [0.3, 0.4) is 0 Å². The van der Waals surface area contributed by atoms with Gasteiger partial charge in [-0.05, 0) is 36.8 Å². The van der Waals surface area contributed by atoms with Gasteiger partial charge in [-0.2, -0.15) is 13.2 Å². The summed E-state index contributed by atoms with van der Waals surface area (Å²) in [6.07, 6.45) is -3.16. The van der Waals surface area contributed by atoms with Gasteiger partial charge in [0.25, 0.3) is 0 Å². The lowest BCUT2D eigenvalue weighted by atomic mass is 10.1. The largest absolute Gasteiger partial charge is 0.494 e. The smallest absolute Gasteiger partial charge is 0.418 e. The van der Waals surface area contributed by atoms with Crippen LogP contribution in [-0.4, -0.2) is 36.6 Å². The minimum Gasteiger partial charge on any atom is -0.494 e. The predicted octanol–water partition coefficient (Wildman–Crippen LogP) is 5.01. The lowest BCUT2D eigenvalue weighted by molar-refractivity contribution is -0.136. The Hall–Kier alpha value is -3.00. The molecule has 8 heteroatoms. The highest BCUT2D eigenvalue weighted by molar-refractivity contribution is 6.04. The van der Waals surface area contributed by atoms with E-state index in [-0.39, 0.29) is 30.4 Å². The number of methoxy groups -OCH3 is 1. The van der Waals surface area contributed by atoms with Gasteiger partial charge in [0.1, 0.15) is 0 Å². The molecule has 0 atom stereocenters. The highest BCUT2D eigenvalue weighted by Crippen LogP contribution is 2.37. The number of nitrogens with zero attached hydrogens (tertiary/aromatic N) is 1. The van der Waals surface area contributed by atoms with E-state index in [0.29, 0.717) is 5.56 Å². The molecule has 5 nitrogen and oxygen atoms in total. The van der Waals surface area contributed by atoms with E-state index in [1.807, 2.05) is 25.1 Å². The number of aryl methyl sites for hydroxylation is 1. The molecule has 1 heterocycles. The first kappa shape index (κ1) is 19.8. The van der Waals surface area contributed by atoms with Crippen LogP contribution < -0.4 is 5.32 Å². The Bertz CT molecular complexity index is 1010. The van der Waals surface area contributed by atoms with E-state index < -0.39 is 11.7 Å². The lowest BCUT2D eigenvalue weighted by Gasteiger charge is -2.15. The number of aliphatic imine (C=N–C) groups is 1. The number of hydrogen-bond acceptors (Lipinski definition) is 4. The number of halogens is 3. The first-order chi connectivity index (χ1) is 13.3. The van der Waals surface area contributed by atoms with Crippen molar-refractivity contribution in [3.63, 3.8) is 0 Å². The molecule has 3 N–H and O–H groups in total. The van der Waals surface area contributed by atoms with Crippen molar-refractivity contribution in [2.24, 2.45) is 4.99 Å². The maximum absolute atomic E-state index is 13.4. The van der Waals surface area contributed by atoms with Crippen LogP contribution in [0.1, 0.15) is 16.7 Å². The second kappa shape index (κ2) is 7.93. The molecule has 0 amide bonds. The minimum atomic E-state index is -4.53. The van der Waals surface area contributed by atoms with Crippen molar-refractivity contribution in [3.05, 3.63) is 53.1 Å². The van der Waals surface area contributed by atoms with Gasteiger partial charge in [-0.25, -0.2) is 0 Å². The van der Waals surface area contributed by atoms with Crippen LogP contribution >= 0.6 is 0 Å². The molecule has 0 saturated carbocycles. The molecule has 1 aromatic heterocycles. The standard InChI is InChI=1S/C20H20F3N3O2/c1-12-4-3-5-17-18(12)14(19(27)26-17)11-25-13-6-7-16(24-8-9-28-2)15(10-13)20(21,22)23/h3-7,10-11,24,26-27H,8-9H2,1-2H3. The Labute approximate surface area is 159 Å². The van der Waals surface area contributed by atoms with E-state index in [4.69, 9.17) is 4.74 Å². The molecular formula is C20H20F3N3O2. The normalized spacial score (nSPS) is 12.2. The molecule has 3 rings (SSSR count). The third kappa shape index (κ3) is 4.12. The molecule has 0 saturated heterocycles. The van der Waals surface area contributed by atoms with E-state index in [9.17, 15) is 18.3 Å². The number of anilines is 1. The van der Waals surface area contributed by atoms with Crippen LogP contribution in [-0.2, 0) is 10.9 Å². The van der Waals surface area contributed by atoms with E-state index in [1.54, 1.807) is 0 Å². The Morgan fingerprint density at radius 3 is 2.75 bits per heavy atom. The predicted molar refractivity (Wildman–Crippen MR) is 104 cm³/mol. The van der Waals surface area contributed by atoms with Gasteiger partial charge in [-0.15, -0.1) is 0 Å². The zero-order valence-electron chi connectivity index (χ0n) is 15.4. The minimum absolute atomic E-state index is 0.0331. The number of aromatic nitrogens is 1. The molecule has 148 valence electrons. The second-order valence-corrected chi connectivity index (χ2v) is 6.29. The summed E-state index contributed by atoms with van der Waals surface area (Å²) >= 11 is 0. The zero-order chi connectivity index (χ0) is 20.3. The summed E-state index contributed by atoms with van der Waals surface area (Å²) in [7, 11) is 1.48. The highest BCUT2D eigenvalue weighted by atomic mass is 19.4. The second-order valence-electron chi connectivity index (χ2n) is 6.29. The third-order valence-electron chi connectivity index (χ3n) is 4.32. The fourth-order valence-electron chi connectivity index (χ4n) is 3.00. The molecule has 0 aliphatic rings. The summed E-state index contributed by atoms with van der Waals surface area (Å²) in [6, 6.07) is 9.34. The molecule has 28 heavy (non-hydrogen) atoms. The summed E-state index contributed by atoms with van der Waals surface area (Å²) in [5.74, 6) is -0.0815. The lowest BCUT2D eigenvalue weighted by Crippen LogP contribution is -2.13. The van der Waals surface area contributed by atoms with Gasteiger partial charge in [0, 0.05) is 36.5 Å². The van der Waals surface area contributed by atoms with Gasteiger partial charge >= 0.3 is 6.18 Å². The number of fused-ring (bicyclic) bond motifs is 1. The molecule has 0 fully saturated rings. The summed E-state index contributed by atoms with van der Waals surface area (Å²) in [5, 5.41) is 13.6. The molecule has 2 aromatic carbocycles. The van der Waals surface area contributed by atoms with Gasteiger partial charge < -0.3 is 20.1 Å². The summed E-state index contributed by atoms with van der Waals surface area (Å²) in [4.78, 5) is 7.00. The highest BCUT2D eigenvalue weighted by Gasteiger charge is 2.33. The maximum Gasteiger partial charge on any atom is 0.418 e. The number of rotatable bonds is 6. The van der Waals surface area contributed by atoms with Crippen LogP contribution in [0.2, 0.25) is 0 Å². The molecule has 0 radical (unpaired) electrons. The molecular weight excluding hydrogens is 371 g/mol. The van der Waals surface area contributed by atoms with Crippen LogP contribution in [0.5, 0.6) is 5.88 Å². The van der Waals surface area contributed by atoms with Crippen LogP contribution in [0.4, 0.5) is 24.5 Å². The van der Waals surface area contributed by atoms with E-state index in [0.717, 1.165) is 22.5 Å². The average molecular weight is 391 g/mol. The SMILES string of the molecule is COCCNc1ccc(N=Cc2c(O)[nH]c3cccc(C)c23)cc1C(F)(F)F. The van der Waals surface area contributed by atoms with E-state index in [2.05, 4.69) is 15.3 Å². The fraction of sp³-hybridized carbons (Fsp3) is 0.250. The topological polar surface area (TPSA) is 69.6 Å². The van der Waals surface area contributed by atoms with Crippen molar-refractivity contribution in [1.29, 1.82) is 0 Å². The molecule has 0 aliphatic carbocycles. The Morgan fingerprint density at radius 2 is 2.04 bits per heavy atom. The number of H-pyrrole nitrogens is 1. The first-order valence-electron chi connectivity index (χ1n) is 8.59. The first-order valence-corrected chi connectivity index (χ1v) is 8.59. The Morgan fingerprint density at radius 1 is 1.25 bits per heavy atom. The molecule has 3 aromatic rings. The summed E-state index contributed by atoms with van der Waals surface area (Å²) < 4.78 is 45.1. The van der Waals surface area contributed by atoms with Gasteiger partial charge in [-0.1, -0.05) is 12.1 Å². The number of alkyl halides is 3. The van der Waals surface area contributed by atoms with Crippen molar-refractivity contribution < 1.29 is 23.0 Å². The van der Waals surface area contributed by atoms with Gasteiger partial charge in [-0.3, -0.25) is 4.99 Å². The average Bonchev–Trinajstić information content (AvgIpc) is 2.96. The Balaban J connectivity index is 1.96. The molecule has 0 aliphatic heterocycles. The molecule has 0 bridgehead atoms. The monoisotopic (exact) mass is 391 g/mol. The van der Waals surface area contributed by atoms with Crippen LogP contribution in [0, 0.1) is 6.92 Å².